The monoisotopic (exact) mass is 439 g/mol. The third kappa shape index (κ3) is 3.63. The Labute approximate surface area is 143 Å². The highest BCUT2D eigenvalue weighted by Crippen LogP contribution is 2.36. The Hall–Kier alpha value is 0.0600. The summed E-state index contributed by atoms with van der Waals surface area (Å²) in [6, 6.07) is 7.34. The lowest BCUT2D eigenvalue weighted by atomic mass is 10.0. The van der Waals surface area contributed by atoms with E-state index in [0.29, 0.717) is 10.0 Å². The molecule has 20 heavy (non-hydrogen) atoms. The zero-order valence-corrected chi connectivity index (χ0v) is 15.5. The molecule has 6 heteroatoms. The van der Waals surface area contributed by atoms with Gasteiger partial charge in [-0.15, -0.1) is 11.3 Å². The lowest BCUT2D eigenvalue weighted by Crippen LogP contribution is -2.23. The predicted octanol–water partition coefficient (Wildman–Crippen LogP) is 6.15. The molecule has 1 nitrogen and oxygen atoms in total. The van der Waals surface area contributed by atoms with Gasteiger partial charge in [-0.1, -0.05) is 24.6 Å². The summed E-state index contributed by atoms with van der Waals surface area (Å²) < 4.78 is 16.0. The molecule has 0 aliphatic carbocycles. The maximum Gasteiger partial charge on any atom is 0.148 e. The summed E-state index contributed by atoms with van der Waals surface area (Å²) >= 11 is 14.3. The van der Waals surface area contributed by atoms with Crippen molar-refractivity contribution < 1.29 is 4.39 Å². The van der Waals surface area contributed by atoms with Crippen LogP contribution in [0.3, 0.4) is 0 Å². The number of halogens is 4. The minimum Gasteiger partial charge on any atom is -0.306 e. The highest BCUT2D eigenvalue weighted by atomic mass is 79.9. The van der Waals surface area contributed by atoms with Gasteiger partial charge in [0.2, 0.25) is 0 Å². The molecule has 1 unspecified atom stereocenters. The van der Waals surface area contributed by atoms with Crippen molar-refractivity contribution in [2.24, 2.45) is 0 Å². The molecule has 0 saturated carbocycles. The average Bonchev–Trinajstić information content (AvgIpc) is 2.85. The first-order chi connectivity index (χ1) is 9.54. The largest absolute Gasteiger partial charge is 0.306 e. The molecule has 0 amide bonds. The molecule has 1 aromatic carbocycles. The second kappa shape index (κ2) is 7.36. The zero-order chi connectivity index (χ0) is 14.7. The van der Waals surface area contributed by atoms with E-state index in [-0.39, 0.29) is 16.9 Å². The fourth-order valence-electron chi connectivity index (χ4n) is 1.90. The summed E-state index contributed by atoms with van der Waals surface area (Å²) in [4.78, 5) is 1.06. The van der Waals surface area contributed by atoms with Crippen LogP contribution in [0.2, 0.25) is 5.02 Å². The normalized spacial score (nSPS) is 12.7. The quantitative estimate of drug-likeness (QED) is 0.549. The van der Waals surface area contributed by atoms with Gasteiger partial charge in [-0.2, -0.15) is 0 Å². The molecule has 0 bridgehead atoms. The van der Waals surface area contributed by atoms with E-state index in [4.69, 9.17) is 11.6 Å². The molecular weight excluding hydrogens is 428 g/mol. The third-order valence-electron chi connectivity index (χ3n) is 2.85. The third-order valence-corrected chi connectivity index (χ3v) is 5.80. The molecule has 0 radical (unpaired) electrons. The molecule has 0 fully saturated rings. The smallest absolute Gasteiger partial charge is 0.148 e. The number of rotatable bonds is 5. The van der Waals surface area contributed by atoms with E-state index in [1.807, 2.05) is 12.1 Å². The van der Waals surface area contributed by atoms with Crippen LogP contribution >= 0.6 is 54.8 Å². The van der Waals surface area contributed by atoms with E-state index in [1.54, 1.807) is 23.5 Å². The molecule has 0 saturated heterocycles. The van der Waals surface area contributed by atoms with Crippen LogP contribution in [0.15, 0.2) is 32.5 Å². The van der Waals surface area contributed by atoms with Gasteiger partial charge < -0.3 is 5.32 Å². The van der Waals surface area contributed by atoms with Crippen molar-refractivity contribution in [2.75, 3.05) is 6.54 Å². The highest BCUT2D eigenvalue weighted by Gasteiger charge is 2.21. The first-order valence-electron chi connectivity index (χ1n) is 6.16. The van der Waals surface area contributed by atoms with E-state index < -0.39 is 0 Å². The lowest BCUT2D eigenvalue weighted by molar-refractivity contribution is 0.551. The number of thiophene rings is 1. The second-order valence-corrected chi connectivity index (χ2v) is 8.02. The number of hydrogen-bond acceptors (Lipinski definition) is 2. The first-order valence-corrected chi connectivity index (χ1v) is 8.94. The number of hydrogen-bond donors (Lipinski definition) is 1. The molecule has 0 spiro atoms. The molecule has 1 N–H and O–H groups in total. The Morgan fingerprint density at radius 1 is 1.30 bits per heavy atom. The van der Waals surface area contributed by atoms with Crippen LogP contribution < -0.4 is 5.32 Å². The molecule has 1 aromatic heterocycles. The van der Waals surface area contributed by atoms with Gasteiger partial charge in [0.1, 0.15) is 5.82 Å². The van der Waals surface area contributed by atoms with Crippen LogP contribution in [0.5, 0.6) is 0 Å². The number of benzene rings is 1. The molecule has 0 aliphatic heterocycles. The van der Waals surface area contributed by atoms with Crippen LogP contribution in [0.1, 0.15) is 29.8 Å². The summed E-state index contributed by atoms with van der Waals surface area (Å²) in [6.07, 6.45) is 0.981. The lowest BCUT2D eigenvalue weighted by Gasteiger charge is -2.19. The second-order valence-electron chi connectivity index (χ2n) is 4.29. The Balaban J connectivity index is 2.43. The zero-order valence-electron chi connectivity index (χ0n) is 10.7. The maximum absolute atomic E-state index is 14.4. The highest BCUT2D eigenvalue weighted by molar-refractivity contribution is 9.11. The van der Waals surface area contributed by atoms with Gasteiger partial charge in [0.25, 0.3) is 0 Å². The van der Waals surface area contributed by atoms with Gasteiger partial charge in [0.15, 0.2) is 0 Å². The number of nitrogens with one attached hydrogen (secondary N) is 1. The Kier molecular flexibility index (Phi) is 6.05. The van der Waals surface area contributed by atoms with Gasteiger partial charge >= 0.3 is 0 Å². The molecule has 108 valence electrons. The standard InChI is InChI=1S/C14H13Br2ClFNS/c1-2-7-19-14(10-5-6-11(16)20-10)8-3-4-9(15)12(17)13(8)18/h3-6,14,19H,2,7H2,1H3. The molecule has 0 aliphatic rings. The summed E-state index contributed by atoms with van der Waals surface area (Å²) in [7, 11) is 0. The summed E-state index contributed by atoms with van der Waals surface area (Å²) in [5.41, 5.74) is 0.570. The van der Waals surface area contributed by atoms with Gasteiger partial charge in [-0.05, 0) is 63.0 Å². The summed E-state index contributed by atoms with van der Waals surface area (Å²) in [6.45, 7) is 2.90. The van der Waals surface area contributed by atoms with Crippen molar-refractivity contribution >= 4 is 54.8 Å². The van der Waals surface area contributed by atoms with E-state index in [1.165, 1.54) is 0 Å². The van der Waals surface area contributed by atoms with Crippen molar-refractivity contribution in [2.45, 2.75) is 19.4 Å². The van der Waals surface area contributed by atoms with E-state index in [2.05, 4.69) is 44.1 Å². The van der Waals surface area contributed by atoms with Crippen molar-refractivity contribution in [3.63, 3.8) is 0 Å². The van der Waals surface area contributed by atoms with Gasteiger partial charge in [-0.3, -0.25) is 0 Å². The molecule has 2 aromatic rings. The minimum absolute atomic E-state index is 0.126. The minimum atomic E-state index is -0.376. The molecule has 1 heterocycles. The van der Waals surface area contributed by atoms with Gasteiger partial charge in [-0.25, -0.2) is 4.39 Å². The first kappa shape index (κ1) is 16.4. The maximum atomic E-state index is 14.4. The van der Waals surface area contributed by atoms with E-state index in [9.17, 15) is 4.39 Å². The van der Waals surface area contributed by atoms with Crippen LogP contribution in [0.25, 0.3) is 0 Å². The van der Waals surface area contributed by atoms with Crippen LogP contribution in [0.4, 0.5) is 4.39 Å². The van der Waals surface area contributed by atoms with Crippen molar-refractivity contribution in [3.05, 3.63) is 53.8 Å². The van der Waals surface area contributed by atoms with Crippen molar-refractivity contribution in [1.29, 1.82) is 0 Å². The fourth-order valence-corrected chi connectivity index (χ4v) is 3.90. The topological polar surface area (TPSA) is 12.0 Å². The summed E-state index contributed by atoms with van der Waals surface area (Å²) in [5.74, 6) is -0.376. The summed E-state index contributed by atoms with van der Waals surface area (Å²) in [5, 5.41) is 3.50. The van der Waals surface area contributed by atoms with E-state index >= 15 is 0 Å². The van der Waals surface area contributed by atoms with E-state index in [0.717, 1.165) is 21.6 Å². The Bertz CT molecular complexity index is 603. The molecule has 1 atom stereocenters. The van der Waals surface area contributed by atoms with Crippen molar-refractivity contribution in [1.82, 2.24) is 5.32 Å². The van der Waals surface area contributed by atoms with Crippen LogP contribution in [-0.2, 0) is 0 Å². The van der Waals surface area contributed by atoms with Crippen LogP contribution in [0, 0.1) is 5.82 Å². The Morgan fingerprint density at radius 2 is 2.05 bits per heavy atom. The fraction of sp³-hybridized carbons (Fsp3) is 0.286. The van der Waals surface area contributed by atoms with Crippen LogP contribution in [-0.4, -0.2) is 6.54 Å². The van der Waals surface area contributed by atoms with Crippen molar-refractivity contribution in [3.8, 4) is 0 Å². The SMILES string of the molecule is CCCNC(c1ccc(Br)s1)c1ccc(Br)c(Cl)c1F. The van der Waals surface area contributed by atoms with Gasteiger partial charge in [0.05, 0.1) is 14.9 Å². The molecular formula is C14H13Br2ClFNS. The molecule has 2 rings (SSSR count). The predicted molar refractivity (Wildman–Crippen MR) is 91.3 cm³/mol. The average molecular weight is 442 g/mol. The Morgan fingerprint density at radius 3 is 2.65 bits per heavy atom. The van der Waals surface area contributed by atoms with Gasteiger partial charge in [0, 0.05) is 14.9 Å².